The van der Waals surface area contributed by atoms with Gasteiger partial charge in [0.05, 0.1) is 4.90 Å². The maximum absolute atomic E-state index is 12.7. The van der Waals surface area contributed by atoms with Crippen molar-refractivity contribution in [3.63, 3.8) is 0 Å². The van der Waals surface area contributed by atoms with Gasteiger partial charge in [-0.25, -0.2) is 12.7 Å². The molecule has 3 rings (SSSR count). The topological polar surface area (TPSA) is 37.4 Å². The molecule has 3 atom stereocenters. The number of nitrogens with zero attached hydrogens (tertiary/aromatic N) is 1. The molecule has 116 valence electrons. The molecule has 2 aliphatic carbocycles. The minimum Gasteiger partial charge on any atom is -0.207 e. The molecule has 0 radical (unpaired) electrons. The summed E-state index contributed by atoms with van der Waals surface area (Å²) >= 11 is 6.72. The first-order chi connectivity index (χ1) is 9.88. The van der Waals surface area contributed by atoms with E-state index in [1.165, 1.54) is 30.0 Å². The van der Waals surface area contributed by atoms with Crippen LogP contribution in [0.2, 0.25) is 0 Å². The lowest BCUT2D eigenvalue weighted by Gasteiger charge is -2.27. The zero-order valence-corrected chi connectivity index (χ0v) is 15.9. The van der Waals surface area contributed by atoms with Crippen LogP contribution in [0.3, 0.4) is 0 Å². The summed E-state index contributed by atoms with van der Waals surface area (Å²) in [5.41, 5.74) is 0. The summed E-state index contributed by atoms with van der Waals surface area (Å²) < 4.78 is 28.5. The van der Waals surface area contributed by atoms with E-state index in [2.05, 4.69) is 31.9 Å². The lowest BCUT2D eigenvalue weighted by Crippen LogP contribution is -2.34. The molecule has 1 aromatic carbocycles. The second kappa shape index (κ2) is 5.95. The highest BCUT2D eigenvalue weighted by Gasteiger charge is 2.41. The number of fused-ring (bicyclic) bond motifs is 2. The molecule has 2 aliphatic rings. The fourth-order valence-electron chi connectivity index (χ4n) is 3.88. The highest BCUT2D eigenvalue weighted by Crippen LogP contribution is 2.48. The van der Waals surface area contributed by atoms with Crippen LogP contribution in [0.5, 0.6) is 0 Å². The molecule has 0 amide bonds. The zero-order chi connectivity index (χ0) is 15.2. The Hall–Kier alpha value is 0.0900. The molecule has 0 saturated heterocycles. The lowest BCUT2D eigenvalue weighted by atomic mass is 9.89. The van der Waals surface area contributed by atoms with Crippen molar-refractivity contribution < 1.29 is 8.42 Å². The van der Waals surface area contributed by atoms with Gasteiger partial charge in [0.25, 0.3) is 0 Å². The van der Waals surface area contributed by atoms with Gasteiger partial charge in [0.2, 0.25) is 10.0 Å². The van der Waals surface area contributed by atoms with Gasteiger partial charge in [-0.3, -0.25) is 0 Å². The van der Waals surface area contributed by atoms with Gasteiger partial charge in [-0.2, -0.15) is 0 Å². The van der Waals surface area contributed by atoms with Crippen LogP contribution >= 0.6 is 31.9 Å². The van der Waals surface area contributed by atoms with Gasteiger partial charge >= 0.3 is 0 Å². The first-order valence-corrected chi connectivity index (χ1v) is 10.3. The Balaban J connectivity index is 1.78. The quantitative estimate of drug-likeness (QED) is 0.706. The Labute approximate surface area is 143 Å². The van der Waals surface area contributed by atoms with E-state index >= 15 is 0 Å². The van der Waals surface area contributed by atoms with Crippen molar-refractivity contribution >= 4 is 41.9 Å². The summed E-state index contributed by atoms with van der Waals surface area (Å²) in [6.45, 7) is 0.645. The molecule has 0 aliphatic heterocycles. The molecule has 2 saturated carbocycles. The summed E-state index contributed by atoms with van der Waals surface area (Å²) in [4.78, 5) is 0.344. The van der Waals surface area contributed by atoms with E-state index in [0.717, 1.165) is 16.3 Å². The second-order valence-electron chi connectivity index (χ2n) is 6.30. The Morgan fingerprint density at radius 2 is 2.00 bits per heavy atom. The fourth-order valence-corrected chi connectivity index (χ4v) is 6.81. The van der Waals surface area contributed by atoms with Crippen LogP contribution in [0.25, 0.3) is 0 Å². The van der Waals surface area contributed by atoms with Crippen molar-refractivity contribution in [2.75, 3.05) is 13.6 Å². The summed E-state index contributed by atoms with van der Waals surface area (Å²) in [5, 5.41) is 0. The first kappa shape index (κ1) is 16.0. The highest BCUT2D eigenvalue weighted by molar-refractivity contribution is 9.11. The molecule has 0 heterocycles. The molecule has 1 aromatic rings. The standard InChI is InChI=1S/C15H19Br2NO2S/c1-18(9-12-7-10-2-3-11(12)6-10)21(19,20)15-5-4-13(16)8-14(15)17/h4-5,8,10-12H,2-3,6-7,9H2,1H3. The number of benzene rings is 1. The Morgan fingerprint density at radius 1 is 1.24 bits per heavy atom. The molecule has 6 heteroatoms. The minimum absolute atomic E-state index is 0.344. The maximum Gasteiger partial charge on any atom is 0.243 e. The van der Waals surface area contributed by atoms with Gasteiger partial charge in [0.1, 0.15) is 0 Å². The van der Waals surface area contributed by atoms with Gasteiger partial charge in [-0.05, 0) is 71.1 Å². The molecule has 0 aromatic heterocycles. The van der Waals surface area contributed by atoms with Crippen molar-refractivity contribution in [1.82, 2.24) is 4.31 Å². The van der Waals surface area contributed by atoms with Crippen molar-refractivity contribution in [3.8, 4) is 0 Å². The summed E-state index contributed by atoms with van der Waals surface area (Å²) in [6.07, 6.45) is 5.13. The normalized spacial score (nSPS) is 28.5. The average Bonchev–Trinajstić information content (AvgIpc) is 3.00. The molecule has 2 fully saturated rings. The van der Waals surface area contributed by atoms with Gasteiger partial charge in [-0.15, -0.1) is 0 Å². The van der Waals surface area contributed by atoms with Crippen LogP contribution < -0.4 is 0 Å². The van der Waals surface area contributed by atoms with E-state index in [1.54, 1.807) is 25.2 Å². The highest BCUT2D eigenvalue weighted by atomic mass is 79.9. The third-order valence-electron chi connectivity index (χ3n) is 4.96. The second-order valence-corrected chi connectivity index (χ2v) is 10.1. The predicted octanol–water partition coefficient (Wildman–Crippen LogP) is 4.27. The van der Waals surface area contributed by atoms with E-state index in [9.17, 15) is 8.42 Å². The Kier molecular flexibility index (Phi) is 4.52. The molecule has 3 nitrogen and oxygen atoms in total. The molecular weight excluding hydrogens is 418 g/mol. The van der Waals surface area contributed by atoms with Crippen molar-refractivity contribution in [2.45, 2.75) is 30.6 Å². The number of rotatable bonds is 4. The fraction of sp³-hybridized carbons (Fsp3) is 0.600. The number of hydrogen-bond donors (Lipinski definition) is 0. The van der Waals surface area contributed by atoms with Crippen LogP contribution in [0.4, 0.5) is 0 Å². The zero-order valence-electron chi connectivity index (χ0n) is 11.9. The van der Waals surface area contributed by atoms with Crippen LogP contribution in [0.1, 0.15) is 25.7 Å². The number of halogens is 2. The van der Waals surface area contributed by atoms with Crippen LogP contribution in [-0.4, -0.2) is 26.3 Å². The molecule has 0 N–H and O–H groups in total. The minimum atomic E-state index is -3.43. The SMILES string of the molecule is CN(CC1CC2CCC1C2)S(=O)(=O)c1ccc(Br)cc1Br. The first-order valence-electron chi connectivity index (χ1n) is 7.29. The smallest absolute Gasteiger partial charge is 0.207 e. The van der Waals surface area contributed by atoms with Crippen molar-refractivity contribution in [1.29, 1.82) is 0 Å². The number of sulfonamides is 1. The predicted molar refractivity (Wildman–Crippen MR) is 90.6 cm³/mol. The lowest BCUT2D eigenvalue weighted by molar-refractivity contribution is 0.280. The van der Waals surface area contributed by atoms with E-state index < -0.39 is 10.0 Å². The van der Waals surface area contributed by atoms with Gasteiger partial charge in [-0.1, -0.05) is 22.4 Å². The molecule has 0 spiro atoms. The van der Waals surface area contributed by atoms with E-state index in [4.69, 9.17) is 0 Å². The Morgan fingerprint density at radius 3 is 2.57 bits per heavy atom. The van der Waals surface area contributed by atoms with Gasteiger partial charge in [0.15, 0.2) is 0 Å². The van der Waals surface area contributed by atoms with Crippen LogP contribution in [0, 0.1) is 17.8 Å². The third-order valence-corrected chi connectivity index (χ3v) is 8.25. The summed E-state index contributed by atoms with van der Waals surface area (Å²) in [7, 11) is -1.72. The monoisotopic (exact) mass is 435 g/mol. The third kappa shape index (κ3) is 3.09. The molecule has 3 unspecified atom stereocenters. The largest absolute Gasteiger partial charge is 0.243 e. The number of hydrogen-bond acceptors (Lipinski definition) is 2. The Bertz CT molecular complexity index is 647. The van der Waals surface area contributed by atoms with Crippen molar-refractivity contribution in [2.24, 2.45) is 17.8 Å². The van der Waals surface area contributed by atoms with Crippen LogP contribution in [0.15, 0.2) is 32.0 Å². The molecule has 2 bridgehead atoms. The van der Waals surface area contributed by atoms with E-state index in [0.29, 0.717) is 21.8 Å². The average molecular weight is 437 g/mol. The maximum atomic E-state index is 12.7. The van der Waals surface area contributed by atoms with Gasteiger partial charge < -0.3 is 0 Å². The van der Waals surface area contributed by atoms with E-state index in [-0.39, 0.29) is 0 Å². The van der Waals surface area contributed by atoms with Crippen molar-refractivity contribution in [3.05, 3.63) is 27.1 Å². The molecular formula is C15H19Br2NO2S. The van der Waals surface area contributed by atoms with Gasteiger partial charge in [0, 0.05) is 22.5 Å². The van der Waals surface area contributed by atoms with E-state index in [1.807, 2.05) is 0 Å². The van der Waals surface area contributed by atoms with Crippen LogP contribution in [-0.2, 0) is 10.0 Å². The summed E-state index contributed by atoms with van der Waals surface area (Å²) in [6, 6.07) is 5.20. The summed E-state index contributed by atoms with van der Waals surface area (Å²) in [5.74, 6) is 2.12. The molecule has 21 heavy (non-hydrogen) atoms.